The minimum Gasteiger partial charge on any atom is -0.495 e. The van der Waals surface area contributed by atoms with Crippen molar-refractivity contribution in [3.63, 3.8) is 0 Å². The number of benzene rings is 2. The zero-order chi connectivity index (χ0) is 28.2. The first-order chi connectivity index (χ1) is 17.8. The Morgan fingerprint density at radius 2 is 1.82 bits per heavy atom. The summed E-state index contributed by atoms with van der Waals surface area (Å²) in [6.07, 6.45) is -1.47. The maximum absolute atomic E-state index is 13.5. The fourth-order valence-corrected chi connectivity index (χ4v) is 3.76. The van der Waals surface area contributed by atoms with Gasteiger partial charge in [-0.2, -0.15) is 13.2 Å². The van der Waals surface area contributed by atoms with Gasteiger partial charge in [0.1, 0.15) is 17.3 Å². The molecule has 1 aliphatic rings. The van der Waals surface area contributed by atoms with Gasteiger partial charge in [0.25, 0.3) is 5.91 Å². The number of likely N-dealkylation sites (tertiary alicyclic amines) is 1. The van der Waals surface area contributed by atoms with E-state index in [1.54, 1.807) is 37.4 Å². The number of ether oxygens (including phenoxy) is 2. The van der Waals surface area contributed by atoms with Crippen molar-refractivity contribution in [1.82, 2.24) is 14.5 Å². The highest BCUT2D eigenvalue weighted by Crippen LogP contribution is 2.31. The molecule has 0 atom stereocenters. The number of hydrogen-bond donors (Lipinski definition) is 1. The van der Waals surface area contributed by atoms with Crippen molar-refractivity contribution in [1.29, 1.82) is 0 Å². The van der Waals surface area contributed by atoms with Crippen molar-refractivity contribution in [3.05, 3.63) is 70.5 Å². The molecule has 4 rings (SSSR count). The molecule has 3 aromatic rings. The molecule has 1 aliphatic heterocycles. The molecule has 0 saturated carbocycles. The van der Waals surface area contributed by atoms with E-state index in [1.807, 2.05) is 23.8 Å². The highest BCUT2D eigenvalue weighted by molar-refractivity contribution is 6.32. The van der Waals surface area contributed by atoms with Gasteiger partial charge in [-0.3, -0.25) is 4.79 Å². The number of imidazole rings is 1. The Balaban J connectivity index is 0.000000505. The number of aryl methyl sites for hydroxylation is 1. The SMILES string of the molecule is COc1cc(C(=O)N2CC(COc3ccc(F)c(C)c3Cl)C2)ccc1-n1cnc(C)c1.O=C(O)C(F)(F)F. The summed E-state index contributed by atoms with van der Waals surface area (Å²) in [5.41, 5.74) is 2.65. The molecular weight excluding hydrogens is 534 g/mol. The molecule has 2 aromatic carbocycles. The van der Waals surface area contributed by atoms with Gasteiger partial charge in [0, 0.05) is 36.3 Å². The Kier molecular flexibility index (Phi) is 8.87. The molecule has 1 fully saturated rings. The average Bonchev–Trinajstić information content (AvgIpc) is 3.28. The lowest BCUT2D eigenvalue weighted by Crippen LogP contribution is -2.52. The number of rotatable bonds is 6. The lowest BCUT2D eigenvalue weighted by molar-refractivity contribution is -0.192. The van der Waals surface area contributed by atoms with E-state index < -0.39 is 12.1 Å². The van der Waals surface area contributed by atoms with Gasteiger partial charge in [-0.15, -0.1) is 0 Å². The number of carboxylic acid groups (broad SMARTS) is 1. The van der Waals surface area contributed by atoms with Crippen LogP contribution in [0.3, 0.4) is 0 Å². The molecule has 1 saturated heterocycles. The second kappa shape index (κ2) is 11.7. The molecular formula is C25H24ClF4N3O5. The number of amides is 1. The zero-order valence-electron chi connectivity index (χ0n) is 20.6. The summed E-state index contributed by atoms with van der Waals surface area (Å²) in [6.45, 7) is 5.11. The van der Waals surface area contributed by atoms with Gasteiger partial charge >= 0.3 is 12.1 Å². The highest BCUT2D eigenvalue weighted by atomic mass is 35.5. The van der Waals surface area contributed by atoms with E-state index in [-0.39, 0.29) is 22.7 Å². The van der Waals surface area contributed by atoms with Gasteiger partial charge in [-0.05, 0) is 44.2 Å². The van der Waals surface area contributed by atoms with E-state index >= 15 is 0 Å². The topological polar surface area (TPSA) is 93.9 Å². The monoisotopic (exact) mass is 557 g/mol. The van der Waals surface area contributed by atoms with Crippen LogP contribution < -0.4 is 9.47 Å². The van der Waals surface area contributed by atoms with Gasteiger partial charge in [0.05, 0.1) is 36.4 Å². The lowest BCUT2D eigenvalue weighted by atomic mass is 9.99. The number of carboxylic acids is 1. The van der Waals surface area contributed by atoms with Crippen LogP contribution in [0.1, 0.15) is 21.6 Å². The number of aromatic nitrogens is 2. The van der Waals surface area contributed by atoms with Crippen LogP contribution in [0.25, 0.3) is 5.69 Å². The molecule has 2 heterocycles. The van der Waals surface area contributed by atoms with E-state index in [0.29, 0.717) is 42.3 Å². The van der Waals surface area contributed by atoms with Crippen LogP contribution in [0.2, 0.25) is 5.02 Å². The minimum atomic E-state index is -5.08. The largest absolute Gasteiger partial charge is 0.495 e. The maximum Gasteiger partial charge on any atom is 0.490 e. The second-order valence-corrected chi connectivity index (χ2v) is 8.86. The number of nitrogens with zero attached hydrogens (tertiary/aromatic N) is 3. The summed E-state index contributed by atoms with van der Waals surface area (Å²) < 4.78 is 58.4. The number of alkyl halides is 3. The van der Waals surface area contributed by atoms with E-state index in [4.69, 9.17) is 31.0 Å². The summed E-state index contributed by atoms with van der Waals surface area (Å²) in [5, 5.41) is 7.41. The Bertz CT molecular complexity index is 1320. The van der Waals surface area contributed by atoms with Gasteiger partial charge < -0.3 is 24.0 Å². The van der Waals surface area contributed by atoms with Crippen molar-refractivity contribution in [2.75, 3.05) is 26.8 Å². The summed E-state index contributed by atoms with van der Waals surface area (Å²) in [4.78, 5) is 27.7. The standard InChI is InChI=1S/C23H23ClFN3O3.C2HF3O2/c1-14-9-28(13-26-14)19-6-4-17(8-21(19)30-3)23(29)27-10-16(11-27)12-31-20-7-5-18(25)15(2)22(20)24;3-2(4,5)1(6)7/h4-9,13,16H,10-12H2,1-3H3;(H,6,7). The summed E-state index contributed by atoms with van der Waals surface area (Å²) in [5.74, 6) is -1.92. The summed E-state index contributed by atoms with van der Waals surface area (Å²) >= 11 is 6.14. The Morgan fingerprint density at radius 1 is 1.16 bits per heavy atom. The van der Waals surface area contributed by atoms with Gasteiger partial charge in [-0.25, -0.2) is 14.2 Å². The van der Waals surface area contributed by atoms with Crippen molar-refractivity contribution >= 4 is 23.5 Å². The van der Waals surface area contributed by atoms with E-state index in [1.165, 1.54) is 12.1 Å². The van der Waals surface area contributed by atoms with Gasteiger partial charge in [0.2, 0.25) is 0 Å². The first-order valence-electron chi connectivity index (χ1n) is 11.2. The fraction of sp³-hybridized carbons (Fsp3) is 0.320. The number of carbonyl (C=O) groups is 2. The quantitative estimate of drug-likeness (QED) is 0.425. The van der Waals surface area contributed by atoms with E-state index in [9.17, 15) is 22.4 Å². The first kappa shape index (κ1) is 28.8. The molecule has 0 radical (unpaired) electrons. The predicted molar refractivity (Wildman–Crippen MR) is 130 cm³/mol. The number of halogens is 5. The molecule has 0 unspecified atom stereocenters. The van der Waals surface area contributed by atoms with Crippen LogP contribution in [0, 0.1) is 25.6 Å². The molecule has 204 valence electrons. The van der Waals surface area contributed by atoms with Crippen LogP contribution in [-0.4, -0.2) is 64.4 Å². The molecule has 0 aliphatic carbocycles. The highest BCUT2D eigenvalue weighted by Gasteiger charge is 2.38. The smallest absolute Gasteiger partial charge is 0.490 e. The van der Waals surface area contributed by atoms with E-state index in [0.717, 1.165) is 11.4 Å². The first-order valence-corrected chi connectivity index (χ1v) is 11.5. The van der Waals surface area contributed by atoms with Crippen LogP contribution >= 0.6 is 11.6 Å². The third kappa shape index (κ3) is 6.74. The van der Waals surface area contributed by atoms with Crippen molar-refractivity contribution in [3.8, 4) is 17.2 Å². The minimum absolute atomic E-state index is 0.0569. The number of carbonyl (C=O) groups excluding carboxylic acids is 1. The third-order valence-corrected chi connectivity index (χ3v) is 6.13. The number of aliphatic carboxylic acids is 1. The van der Waals surface area contributed by atoms with Crippen LogP contribution in [-0.2, 0) is 4.79 Å². The molecule has 0 bridgehead atoms. The summed E-state index contributed by atoms with van der Waals surface area (Å²) in [7, 11) is 1.58. The average molecular weight is 558 g/mol. The van der Waals surface area contributed by atoms with Crippen molar-refractivity contribution in [2.45, 2.75) is 20.0 Å². The lowest BCUT2D eigenvalue weighted by Gasteiger charge is -2.39. The maximum atomic E-state index is 13.5. The van der Waals surface area contributed by atoms with Crippen LogP contribution in [0.4, 0.5) is 17.6 Å². The second-order valence-electron chi connectivity index (χ2n) is 8.48. The number of hydrogen-bond acceptors (Lipinski definition) is 5. The summed E-state index contributed by atoms with van der Waals surface area (Å²) in [6, 6.07) is 8.27. The molecule has 0 spiro atoms. The molecule has 8 nitrogen and oxygen atoms in total. The van der Waals surface area contributed by atoms with Crippen LogP contribution in [0.15, 0.2) is 42.9 Å². The molecule has 13 heteroatoms. The molecule has 38 heavy (non-hydrogen) atoms. The van der Waals surface area contributed by atoms with Gasteiger partial charge in [-0.1, -0.05) is 11.6 Å². The van der Waals surface area contributed by atoms with Gasteiger partial charge in [0.15, 0.2) is 0 Å². The fourth-order valence-electron chi connectivity index (χ4n) is 3.56. The van der Waals surface area contributed by atoms with E-state index in [2.05, 4.69) is 4.98 Å². The predicted octanol–water partition coefficient (Wildman–Crippen LogP) is 5.07. The molecule has 1 amide bonds. The molecule has 1 N–H and O–H groups in total. The van der Waals surface area contributed by atoms with Crippen molar-refractivity contribution in [2.24, 2.45) is 5.92 Å². The Morgan fingerprint density at radius 3 is 2.37 bits per heavy atom. The Labute approximate surface area is 220 Å². The normalized spacial score (nSPS) is 13.3. The molecule has 1 aromatic heterocycles. The van der Waals surface area contributed by atoms with Crippen molar-refractivity contribution < 1.29 is 41.7 Å². The van der Waals surface area contributed by atoms with Crippen LogP contribution in [0.5, 0.6) is 11.5 Å². The number of methoxy groups -OCH3 is 1. The zero-order valence-corrected chi connectivity index (χ0v) is 21.3. The Hall–Kier alpha value is -3.80. The third-order valence-electron chi connectivity index (χ3n) is 5.66.